The average molecular weight is 319 g/mol. The number of hydrogen-bond donors (Lipinski definition) is 1. The predicted octanol–water partition coefficient (Wildman–Crippen LogP) is 4.11. The molecule has 0 atom stereocenters. The van der Waals surface area contributed by atoms with Crippen LogP contribution in [0.3, 0.4) is 0 Å². The SMILES string of the molecule is COc1ccc(Cl)cc1NC(=S)N1CCc2ccccc21. The summed E-state index contributed by atoms with van der Waals surface area (Å²) in [6, 6.07) is 13.7. The second-order valence-corrected chi connectivity index (χ2v) is 5.63. The van der Waals surface area contributed by atoms with Gasteiger partial charge in [0.15, 0.2) is 5.11 Å². The second kappa shape index (κ2) is 5.92. The van der Waals surface area contributed by atoms with Gasteiger partial charge in [-0.2, -0.15) is 0 Å². The lowest BCUT2D eigenvalue weighted by atomic mass is 10.2. The van der Waals surface area contributed by atoms with E-state index in [0.717, 1.165) is 24.3 Å². The molecule has 0 saturated carbocycles. The Kier molecular flexibility index (Phi) is 3.99. The number of thiocarbonyl (C=S) groups is 1. The molecule has 3 nitrogen and oxygen atoms in total. The van der Waals surface area contributed by atoms with Crippen molar-refractivity contribution in [3.63, 3.8) is 0 Å². The van der Waals surface area contributed by atoms with E-state index in [1.54, 1.807) is 13.2 Å². The minimum atomic E-state index is 0.642. The second-order valence-electron chi connectivity index (χ2n) is 4.81. The molecular weight excluding hydrogens is 304 g/mol. The number of benzene rings is 2. The zero-order valence-electron chi connectivity index (χ0n) is 11.6. The zero-order chi connectivity index (χ0) is 14.8. The van der Waals surface area contributed by atoms with E-state index < -0.39 is 0 Å². The summed E-state index contributed by atoms with van der Waals surface area (Å²) in [7, 11) is 1.63. The number of nitrogens with zero attached hydrogens (tertiary/aromatic N) is 1. The van der Waals surface area contributed by atoms with Gasteiger partial charge in [0.05, 0.1) is 12.8 Å². The summed E-state index contributed by atoms with van der Waals surface area (Å²) in [4.78, 5) is 2.10. The van der Waals surface area contributed by atoms with Crippen molar-refractivity contribution < 1.29 is 4.74 Å². The minimum Gasteiger partial charge on any atom is -0.495 e. The third-order valence-corrected chi connectivity index (χ3v) is 4.09. The van der Waals surface area contributed by atoms with E-state index in [1.165, 1.54) is 5.56 Å². The Morgan fingerprint density at radius 2 is 2.10 bits per heavy atom. The Hall–Kier alpha value is -1.78. The number of hydrogen-bond acceptors (Lipinski definition) is 2. The third kappa shape index (κ3) is 2.82. The lowest BCUT2D eigenvalue weighted by molar-refractivity contribution is 0.417. The van der Waals surface area contributed by atoms with Crippen LogP contribution < -0.4 is 15.0 Å². The van der Waals surface area contributed by atoms with Crippen LogP contribution in [0.1, 0.15) is 5.56 Å². The van der Waals surface area contributed by atoms with Crippen LogP contribution in [0.25, 0.3) is 0 Å². The first-order valence-corrected chi connectivity index (χ1v) is 7.47. The summed E-state index contributed by atoms with van der Waals surface area (Å²) in [6.07, 6.45) is 1.00. The molecule has 1 aliphatic heterocycles. The Balaban J connectivity index is 1.83. The molecule has 0 fully saturated rings. The van der Waals surface area contributed by atoms with Gasteiger partial charge in [-0.3, -0.25) is 0 Å². The molecule has 0 saturated heterocycles. The average Bonchev–Trinajstić information content (AvgIpc) is 2.91. The van der Waals surface area contributed by atoms with Crippen molar-refractivity contribution in [1.82, 2.24) is 0 Å². The van der Waals surface area contributed by atoms with Crippen molar-refractivity contribution >= 4 is 40.3 Å². The lowest BCUT2D eigenvalue weighted by Crippen LogP contribution is -2.33. The maximum atomic E-state index is 6.05. The largest absolute Gasteiger partial charge is 0.495 e. The summed E-state index contributed by atoms with van der Waals surface area (Å²) in [5, 5.41) is 4.53. The molecule has 108 valence electrons. The number of fused-ring (bicyclic) bond motifs is 1. The summed E-state index contributed by atoms with van der Waals surface area (Å²) in [6.45, 7) is 0.883. The number of para-hydroxylation sites is 1. The Morgan fingerprint density at radius 1 is 1.29 bits per heavy atom. The van der Waals surface area contributed by atoms with Gasteiger partial charge in [-0.1, -0.05) is 29.8 Å². The lowest BCUT2D eigenvalue weighted by Gasteiger charge is -2.22. The van der Waals surface area contributed by atoms with Gasteiger partial charge in [-0.05, 0) is 48.5 Å². The van der Waals surface area contributed by atoms with Crippen molar-refractivity contribution in [1.29, 1.82) is 0 Å². The third-order valence-electron chi connectivity index (χ3n) is 3.54. The minimum absolute atomic E-state index is 0.642. The molecule has 0 radical (unpaired) electrons. The van der Waals surface area contributed by atoms with Crippen LogP contribution in [0, 0.1) is 0 Å². The van der Waals surface area contributed by atoms with Crippen LogP contribution in [0.5, 0.6) is 5.75 Å². The number of halogens is 1. The van der Waals surface area contributed by atoms with Gasteiger partial charge in [0.2, 0.25) is 0 Å². The van der Waals surface area contributed by atoms with Crippen LogP contribution in [-0.4, -0.2) is 18.8 Å². The monoisotopic (exact) mass is 318 g/mol. The molecule has 0 spiro atoms. The number of anilines is 2. The predicted molar refractivity (Wildman–Crippen MR) is 91.7 cm³/mol. The zero-order valence-corrected chi connectivity index (χ0v) is 13.2. The molecule has 0 amide bonds. The molecule has 0 aliphatic carbocycles. The van der Waals surface area contributed by atoms with E-state index in [-0.39, 0.29) is 0 Å². The van der Waals surface area contributed by atoms with E-state index >= 15 is 0 Å². The van der Waals surface area contributed by atoms with Gasteiger partial charge in [0, 0.05) is 17.3 Å². The number of ether oxygens (including phenoxy) is 1. The highest BCUT2D eigenvalue weighted by Gasteiger charge is 2.22. The quantitative estimate of drug-likeness (QED) is 0.842. The molecule has 3 rings (SSSR count). The molecule has 1 aliphatic rings. The molecule has 5 heteroatoms. The summed E-state index contributed by atoms with van der Waals surface area (Å²) < 4.78 is 5.33. The Bertz CT molecular complexity index is 690. The van der Waals surface area contributed by atoms with E-state index in [4.69, 9.17) is 28.6 Å². The van der Waals surface area contributed by atoms with E-state index in [1.807, 2.05) is 18.2 Å². The van der Waals surface area contributed by atoms with Gasteiger partial charge >= 0.3 is 0 Å². The molecule has 1 N–H and O–H groups in total. The van der Waals surface area contributed by atoms with Crippen molar-refractivity contribution in [2.24, 2.45) is 0 Å². The van der Waals surface area contributed by atoms with Crippen molar-refractivity contribution in [2.75, 3.05) is 23.9 Å². The number of nitrogens with one attached hydrogen (secondary N) is 1. The molecule has 2 aromatic rings. The van der Waals surface area contributed by atoms with Crippen LogP contribution in [-0.2, 0) is 6.42 Å². The van der Waals surface area contributed by atoms with E-state index in [2.05, 4.69) is 28.4 Å². The van der Waals surface area contributed by atoms with Gasteiger partial charge in [-0.25, -0.2) is 0 Å². The highest BCUT2D eigenvalue weighted by molar-refractivity contribution is 7.80. The first kappa shape index (κ1) is 14.2. The summed E-state index contributed by atoms with van der Waals surface area (Å²) in [5.41, 5.74) is 3.26. The summed E-state index contributed by atoms with van der Waals surface area (Å²) in [5.74, 6) is 0.717. The summed E-state index contributed by atoms with van der Waals surface area (Å²) >= 11 is 11.6. The molecule has 2 aromatic carbocycles. The maximum absolute atomic E-state index is 6.05. The maximum Gasteiger partial charge on any atom is 0.178 e. The normalized spacial score (nSPS) is 13.0. The van der Waals surface area contributed by atoms with Crippen molar-refractivity contribution in [3.05, 3.63) is 53.1 Å². The first-order chi connectivity index (χ1) is 10.2. The highest BCUT2D eigenvalue weighted by atomic mass is 35.5. The fraction of sp³-hybridized carbons (Fsp3) is 0.188. The molecular formula is C16H15ClN2OS. The van der Waals surface area contributed by atoms with E-state index in [0.29, 0.717) is 15.9 Å². The Labute approximate surface area is 134 Å². The van der Waals surface area contributed by atoms with Gasteiger partial charge in [0.25, 0.3) is 0 Å². The standard InChI is InChI=1S/C16H15ClN2OS/c1-20-15-7-6-12(17)10-13(15)18-16(21)19-9-8-11-4-2-3-5-14(11)19/h2-7,10H,8-9H2,1H3,(H,18,21). The van der Waals surface area contributed by atoms with Gasteiger partial charge in [0.1, 0.15) is 5.75 Å². The van der Waals surface area contributed by atoms with Crippen LogP contribution in [0.2, 0.25) is 5.02 Å². The fourth-order valence-corrected chi connectivity index (χ4v) is 2.98. The molecule has 0 unspecified atom stereocenters. The van der Waals surface area contributed by atoms with Crippen LogP contribution in [0.4, 0.5) is 11.4 Å². The van der Waals surface area contributed by atoms with Crippen LogP contribution >= 0.6 is 23.8 Å². The fourth-order valence-electron chi connectivity index (χ4n) is 2.51. The van der Waals surface area contributed by atoms with Crippen LogP contribution in [0.15, 0.2) is 42.5 Å². The van der Waals surface area contributed by atoms with Crippen molar-refractivity contribution in [3.8, 4) is 5.75 Å². The van der Waals surface area contributed by atoms with Crippen molar-refractivity contribution in [2.45, 2.75) is 6.42 Å². The van der Waals surface area contributed by atoms with Gasteiger partial charge in [-0.15, -0.1) is 0 Å². The number of rotatable bonds is 2. The van der Waals surface area contributed by atoms with E-state index in [9.17, 15) is 0 Å². The molecule has 21 heavy (non-hydrogen) atoms. The Morgan fingerprint density at radius 3 is 2.90 bits per heavy atom. The van der Waals surface area contributed by atoms with Gasteiger partial charge < -0.3 is 15.0 Å². The highest BCUT2D eigenvalue weighted by Crippen LogP contribution is 2.31. The molecule has 0 aromatic heterocycles. The molecule has 1 heterocycles. The number of methoxy groups -OCH3 is 1. The molecule has 0 bridgehead atoms. The topological polar surface area (TPSA) is 24.5 Å². The first-order valence-electron chi connectivity index (χ1n) is 6.69. The smallest absolute Gasteiger partial charge is 0.178 e.